The Morgan fingerprint density at radius 2 is 2.00 bits per heavy atom. The molecule has 2 aliphatic heterocycles. The zero-order chi connectivity index (χ0) is 15.7. The van der Waals surface area contributed by atoms with Crippen molar-refractivity contribution in [2.24, 2.45) is 0 Å². The Hall–Kier alpha value is -2.31. The molecule has 1 unspecified atom stereocenters. The first-order valence-corrected chi connectivity index (χ1v) is 7.30. The van der Waals surface area contributed by atoms with Gasteiger partial charge in [-0.25, -0.2) is 9.18 Å². The largest absolute Gasteiger partial charge is 0.444 e. The van der Waals surface area contributed by atoms with Gasteiger partial charge in [0, 0.05) is 26.2 Å². The summed E-state index contributed by atoms with van der Waals surface area (Å²) < 4.78 is 19.4. The second kappa shape index (κ2) is 5.82. The van der Waals surface area contributed by atoms with Crippen LogP contribution in [0, 0.1) is 5.82 Å². The molecule has 2 fully saturated rings. The number of hydrogen-bond donors (Lipinski definition) is 0. The summed E-state index contributed by atoms with van der Waals surface area (Å²) in [6, 6.07) is 4.77. The summed E-state index contributed by atoms with van der Waals surface area (Å²) in [5, 5.41) is 0. The summed E-state index contributed by atoms with van der Waals surface area (Å²) in [5.41, 5.74) is 0.997. The topological polar surface area (TPSA) is 53.1 Å². The van der Waals surface area contributed by atoms with Gasteiger partial charge in [-0.1, -0.05) is 0 Å². The summed E-state index contributed by atoms with van der Waals surface area (Å²) >= 11 is 0. The van der Waals surface area contributed by atoms with Crippen molar-refractivity contribution < 1.29 is 18.7 Å². The van der Waals surface area contributed by atoms with Crippen LogP contribution < -0.4 is 9.80 Å². The fourth-order valence-electron chi connectivity index (χ4n) is 2.80. The third-order valence-electron chi connectivity index (χ3n) is 4.01. The minimum atomic E-state index is -0.445. The summed E-state index contributed by atoms with van der Waals surface area (Å²) in [6.07, 6.45) is 0.183. The second-order valence-electron chi connectivity index (χ2n) is 5.57. The summed E-state index contributed by atoms with van der Waals surface area (Å²) in [5.74, 6) is -0.371. The highest BCUT2D eigenvalue weighted by molar-refractivity contribution is 5.90. The van der Waals surface area contributed by atoms with E-state index in [4.69, 9.17) is 4.74 Å². The third kappa shape index (κ3) is 2.70. The molecule has 3 rings (SSSR count). The normalized spacial score (nSPS) is 22.0. The smallest absolute Gasteiger partial charge is 0.414 e. The Labute approximate surface area is 128 Å². The van der Waals surface area contributed by atoms with Crippen LogP contribution >= 0.6 is 0 Å². The highest BCUT2D eigenvalue weighted by Crippen LogP contribution is 2.28. The van der Waals surface area contributed by atoms with Gasteiger partial charge < -0.3 is 14.5 Å². The molecule has 6 nitrogen and oxygen atoms in total. The van der Waals surface area contributed by atoms with Gasteiger partial charge in [0.15, 0.2) is 0 Å². The first-order valence-electron chi connectivity index (χ1n) is 7.30. The lowest BCUT2D eigenvalue weighted by Crippen LogP contribution is -2.46. The molecule has 0 N–H and O–H groups in total. The maximum Gasteiger partial charge on any atom is 0.414 e. The number of cyclic esters (lactones) is 1. The van der Waals surface area contributed by atoms with Gasteiger partial charge in [-0.15, -0.1) is 0 Å². The van der Waals surface area contributed by atoms with Crippen LogP contribution in [0.25, 0.3) is 0 Å². The summed E-state index contributed by atoms with van der Waals surface area (Å²) in [7, 11) is 0. The highest BCUT2D eigenvalue weighted by atomic mass is 19.1. The number of hydrogen-bond acceptors (Lipinski definition) is 4. The second-order valence-corrected chi connectivity index (χ2v) is 5.57. The molecule has 0 saturated carbocycles. The van der Waals surface area contributed by atoms with Crippen LogP contribution in [0.4, 0.5) is 20.6 Å². The Balaban J connectivity index is 1.75. The third-order valence-corrected chi connectivity index (χ3v) is 4.01. The fourth-order valence-corrected chi connectivity index (χ4v) is 2.80. The molecule has 0 aromatic heterocycles. The average molecular weight is 307 g/mol. The van der Waals surface area contributed by atoms with Crippen molar-refractivity contribution >= 4 is 23.9 Å². The highest BCUT2D eigenvalue weighted by Gasteiger charge is 2.30. The Morgan fingerprint density at radius 3 is 2.55 bits per heavy atom. The number of anilines is 2. The van der Waals surface area contributed by atoms with Gasteiger partial charge in [0.25, 0.3) is 0 Å². The number of benzene rings is 1. The maximum absolute atomic E-state index is 14.4. The molecule has 0 aliphatic carbocycles. The van der Waals surface area contributed by atoms with Gasteiger partial charge in [0.2, 0.25) is 6.41 Å². The van der Waals surface area contributed by atoms with Crippen molar-refractivity contribution in [2.75, 3.05) is 42.5 Å². The molecule has 2 amide bonds. The van der Waals surface area contributed by atoms with E-state index < -0.39 is 6.09 Å². The number of halogens is 1. The number of amides is 2. The van der Waals surface area contributed by atoms with Crippen LogP contribution in [0.15, 0.2) is 18.2 Å². The van der Waals surface area contributed by atoms with Gasteiger partial charge >= 0.3 is 6.09 Å². The summed E-state index contributed by atoms with van der Waals surface area (Å²) in [6.45, 7) is 4.58. The van der Waals surface area contributed by atoms with Crippen molar-refractivity contribution in [1.29, 1.82) is 0 Å². The van der Waals surface area contributed by atoms with Crippen LogP contribution in [0.1, 0.15) is 6.92 Å². The van der Waals surface area contributed by atoms with E-state index in [1.54, 1.807) is 24.0 Å². The molecule has 0 spiro atoms. The monoisotopic (exact) mass is 307 g/mol. The number of piperazine rings is 1. The van der Waals surface area contributed by atoms with Gasteiger partial charge in [0.1, 0.15) is 11.9 Å². The Kier molecular flexibility index (Phi) is 3.87. The van der Waals surface area contributed by atoms with Gasteiger partial charge in [0.05, 0.1) is 17.9 Å². The molecule has 0 bridgehead atoms. The van der Waals surface area contributed by atoms with Crippen molar-refractivity contribution in [1.82, 2.24) is 4.90 Å². The van der Waals surface area contributed by atoms with Gasteiger partial charge in [-0.2, -0.15) is 0 Å². The number of nitrogens with zero attached hydrogens (tertiary/aromatic N) is 3. The predicted octanol–water partition coefficient (Wildman–Crippen LogP) is 1.45. The molecule has 7 heteroatoms. The summed E-state index contributed by atoms with van der Waals surface area (Å²) in [4.78, 5) is 27.4. The molecule has 2 saturated heterocycles. The lowest BCUT2D eigenvalue weighted by atomic mass is 10.2. The average Bonchev–Trinajstić information content (AvgIpc) is 2.86. The molecule has 118 valence electrons. The molecule has 1 aromatic carbocycles. The zero-order valence-corrected chi connectivity index (χ0v) is 12.4. The van der Waals surface area contributed by atoms with Crippen molar-refractivity contribution in [3.63, 3.8) is 0 Å². The number of rotatable bonds is 3. The van der Waals surface area contributed by atoms with Gasteiger partial charge in [-0.05, 0) is 25.1 Å². The zero-order valence-electron chi connectivity index (χ0n) is 12.4. The molecule has 1 atom stereocenters. The molecular weight excluding hydrogens is 289 g/mol. The fraction of sp³-hybridized carbons (Fsp3) is 0.467. The first kappa shape index (κ1) is 14.6. The Morgan fingerprint density at radius 1 is 1.27 bits per heavy atom. The molecule has 22 heavy (non-hydrogen) atoms. The quantitative estimate of drug-likeness (QED) is 0.793. The minimum absolute atomic E-state index is 0.188. The van der Waals surface area contributed by atoms with Crippen LogP contribution in [0.5, 0.6) is 0 Å². The lowest BCUT2D eigenvalue weighted by Gasteiger charge is -2.34. The number of ether oxygens (including phenoxy) is 1. The van der Waals surface area contributed by atoms with E-state index in [-0.39, 0.29) is 11.9 Å². The molecule has 2 heterocycles. The van der Waals surface area contributed by atoms with E-state index in [2.05, 4.69) is 0 Å². The molecule has 2 aliphatic rings. The maximum atomic E-state index is 14.4. The van der Waals surface area contributed by atoms with E-state index in [1.165, 1.54) is 11.0 Å². The SMILES string of the molecule is CC1CN(c2ccc(N3CCN(C=O)CC3)c(F)c2)C(=O)O1. The van der Waals surface area contributed by atoms with E-state index in [0.29, 0.717) is 44.1 Å². The molecular formula is C15H18FN3O3. The van der Waals surface area contributed by atoms with Crippen LogP contribution in [0.2, 0.25) is 0 Å². The minimum Gasteiger partial charge on any atom is -0.444 e. The molecule has 0 radical (unpaired) electrons. The van der Waals surface area contributed by atoms with Crippen LogP contribution in [-0.4, -0.2) is 56.2 Å². The van der Waals surface area contributed by atoms with E-state index in [0.717, 1.165) is 6.41 Å². The van der Waals surface area contributed by atoms with Crippen molar-refractivity contribution in [2.45, 2.75) is 13.0 Å². The van der Waals surface area contributed by atoms with Gasteiger partial charge in [-0.3, -0.25) is 9.69 Å². The molecule has 1 aromatic rings. The predicted molar refractivity (Wildman–Crippen MR) is 79.5 cm³/mol. The lowest BCUT2D eigenvalue weighted by molar-refractivity contribution is -0.118. The van der Waals surface area contributed by atoms with Crippen LogP contribution in [-0.2, 0) is 9.53 Å². The number of carbonyl (C=O) groups excluding carboxylic acids is 2. The first-order chi connectivity index (χ1) is 10.6. The van der Waals surface area contributed by atoms with Crippen molar-refractivity contribution in [3.8, 4) is 0 Å². The van der Waals surface area contributed by atoms with E-state index in [1.807, 2.05) is 4.90 Å². The Bertz CT molecular complexity index is 587. The standard InChI is InChI=1S/C15H18FN3O3/c1-11-9-19(15(21)22-11)12-2-3-14(13(16)8-12)18-6-4-17(10-20)5-7-18/h2-3,8,10-11H,4-7,9H2,1H3. The van der Waals surface area contributed by atoms with E-state index >= 15 is 0 Å². The van der Waals surface area contributed by atoms with E-state index in [9.17, 15) is 14.0 Å². The van der Waals surface area contributed by atoms with Crippen molar-refractivity contribution in [3.05, 3.63) is 24.0 Å². The number of carbonyl (C=O) groups is 2. The van der Waals surface area contributed by atoms with Crippen LogP contribution in [0.3, 0.4) is 0 Å².